The molecule has 2 heterocycles. The van der Waals surface area contributed by atoms with Gasteiger partial charge in [-0.3, -0.25) is 0 Å². The van der Waals surface area contributed by atoms with E-state index in [0.717, 1.165) is 24.5 Å². The molecule has 0 aromatic carbocycles. The fraction of sp³-hybridized carbons (Fsp3) is 0.429. The van der Waals surface area contributed by atoms with Crippen molar-refractivity contribution in [3.8, 4) is 5.88 Å². The van der Waals surface area contributed by atoms with Crippen LogP contribution < -0.4 is 15.8 Å². The Bertz CT molecular complexity index is 545. The molecule has 6 heteroatoms. The van der Waals surface area contributed by atoms with Crippen molar-refractivity contribution in [3.05, 3.63) is 30.4 Å². The molecule has 0 aliphatic heterocycles. The number of aromatic amines is 1. The summed E-state index contributed by atoms with van der Waals surface area (Å²) in [6.07, 6.45) is 4.33. The number of ether oxygens (including phenoxy) is 1. The van der Waals surface area contributed by atoms with Crippen LogP contribution in [-0.4, -0.2) is 27.1 Å². The van der Waals surface area contributed by atoms with Crippen molar-refractivity contribution in [1.29, 1.82) is 0 Å². The molecule has 0 unspecified atom stereocenters. The van der Waals surface area contributed by atoms with Crippen molar-refractivity contribution >= 4 is 11.5 Å². The molecule has 20 heavy (non-hydrogen) atoms. The zero-order valence-corrected chi connectivity index (χ0v) is 12.1. The molecule has 2 rings (SSSR count). The van der Waals surface area contributed by atoms with Crippen LogP contribution in [0.4, 0.5) is 11.5 Å². The molecule has 0 aliphatic carbocycles. The summed E-state index contributed by atoms with van der Waals surface area (Å²) >= 11 is 0. The molecule has 0 saturated carbocycles. The Morgan fingerprint density at radius 3 is 2.80 bits per heavy atom. The summed E-state index contributed by atoms with van der Waals surface area (Å²) in [5.41, 5.74) is 7.17. The van der Waals surface area contributed by atoms with E-state index >= 15 is 0 Å². The summed E-state index contributed by atoms with van der Waals surface area (Å²) in [5.74, 6) is 1.21. The van der Waals surface area contributed by atoms with Crippen LogP contribution >= 0.6 is 0 Å². The van der Waals surface area contributed by atoms with Crippen LogP contribution in [0.5, 0.6) is 5.88 Å². The Morgan fingerprint density at radius 2 is 2.15 bits per heavy atom. The quantitative estimate of drug-likeness (QED) is 0.778. The molecule has 0 spiro atoms. The summed E-state index contributed by atoms with van der Waals surface area (Å²) < 4.78 is 5.73. The van der Waals surface area contributed by atoms with Gasteiger partial charge >= 0.3 is 0 Å². The minimum absolute atomic E-state index is 0.324. The molecule has 4 N–H and O–H groups in total. The average molecular weight is 275 g/mol. The lowest BCUT2D eigenvalue weighted by molar-refractivity contribution is 0.125. The third kappa shape index (κ3) is 4.15. The van der Waals surface area contributed by atoms with E-state index in [1.165, 1.54) is 0 Å². The number of H-pyrrole nitrogens is 1. The standard InChI is InChI=1S/C14H21N5O/c1-14(2,3)20-13-11(15)4-5-12(19-13)17-7-6-10-8-16-9-18-10/h4-5,8-9H,6-7,15H2,1-3H3,(H,16,18)(H,17,19). The topological polar surface area (TPSA) is 88.8 Å². The number of aromatic nitrogens is 3. The zero-order valence-electron chi connectivity index (χ0n) is 12.1. The second-order valence-corrected chi connectivity index (χ2v) is 5.56. The summed E-state index contributed by atoms with van der Waals surface area (Å²) in [7, 11) is 0. The van der Waals surface area contributed by atoms with E-state index in [4.69, 9.17) is 10.5 Å². The Labute approximate surface area is 118 Å². The van der Waals surface area contributed by atoms with Gasteiger partial charge in [-0.05, 0) is 32.9 Å². The van der Waals surface area contributed by atoms with E-state index in [1.807, 2.05) is 33.0 Å². The van der Waals surface area contributed by atoms with Crippen molar-refractivity contribution in [2.24, 2.45) is 0 Å². The highest BCUT2D eigenvalue weighted by atomic mass is 16.5. The Morgan fingerprint density at radius 1 is 1.35 bits per heavy atom. The fourth-order valence-electron chi connectivity index (χ4n) is 1.67. The van der Waals surface area contributed by atoms with Gasteiger partial charge in [0, 0.05) is 24.9 Å². The van der Waals surface area contributed by atoms with E-state index in [2.05, 4.69) is 20.3 Å². The minimum atomic E-state index is -0.324. The zero-order chi connectivity index (χ0) is 14.6. The van der Waals surface area contributed by atoms with Crippen LogP contribution in [0.25, 0.3) is 0 Å². The highest BCUT2D eigenvalue weighted by molar-refractivity contribution is 5.53. The fourth-order valence-corrected chi connectivity index (χ4v) is 1.67. The third-order valence-corrected chi connectivity index (χ3v) is 2.55. The number of anilines is 2. The number of nitrogens with one attached hydrogen (secondary N) is 2. The Kier molecular flexibility index (Phi) is 4.12. The number of hydrogen-bond acceptors (Lipinski definition) is 5. The van der Waals surface area contributed by atoms with Crippen LogP contribution in [0, 0.1) is 0 Å². The maximum absolute atomic E-state index is 5.87. The predicted molar refractivity (Wildman–Crippen MR) is 79.8 cm³/mol. The normalized spacial score (nSPS) is 11.3. The van der Waals surface area contributed by atoms with E-state index in [1.54, 1.807) is 12.4 Å². The molecular weight excluding hydrogens is 254 g/mol. The van der Waals surface area contributed by atoms with Gasteiger partial charge in [0.15, 0.2) is 0 Å². The van der Waals surface area contributed by atoms with Crippen molar-refractivity contribution in [2.45, 2.75) is 32.8 Å². The van der Waals surface area contributed by atoms with Gasteiger partial charge in [0.05, 0.1) is 12.0 Å². The molecule has 0 amide bonds. The van der Waals surface area contributed by atoms with E-state index < -0.39 is 0 Å². The number of rotatable bonds is 5. The second-order valence-electron chi connectivity index (χ2n) is 5.56. The number of pyridine rings is 1. The van der Waals surface area contributed by atoms with Gasteiger partial charge < -0.3 is 20.8 Å². The highest BCUT2D eigenvalue weighted by Gasteiger charge is 2.15. The number of nitrogens with zero attached hydrogens (tertiary/aromatic N) is 2. The SMILES string of the molecule is CC(C)(C)Oc1nc(NCCc2cnc[nH]2)ccc1N. The Balaban J connectivity index is 1.96. The lowest BCUT2D eigenvalue weighted by Crippen LogP contribution is -2.24. The molecule has 0 radical (unpaired) electrons. The third-order valence-electron chi connectivity index (χ3n) is 2.55. The van der Waals surface area contributed by atoms with E-state index in [-0.39, 0.29) is 5.60 Å². The number of nitrogens with two attached hydrogens (primary N) is 1. The van der Waals surface area contributed by atoms with Crippen LogP contribution in [0.15, 0.2) is 24.7 Å². The molecule has 0 atom stereocenters. The van der Waals surface area contributed by atoms with Crippen molar-refractivity contribution in [3.63, 3.8) is 0 Å². The van der Waals surface area contributed by atoms with Gasteiger partial charge in [0.1, 0.15) is 11.4 Å². The first-order valence-electron chi connectivity index (χ1n) is 6.61. The lowest BCUT2D eigenvalue weighted by atomic mass is 10.2. The van der Waals surface area contributed by atoms with Crippen LogP contribution in [0.3, 0.4) is 0 Å². The summed E-state index contributed by atoms with van der Waals surface area (Å²) in [5, 5.41) is 3.24. The first-order valence-corrected chi connectivity index (χ1v) is 6.61. The number of imidazole rings is 1. The van der Waals surface area contributed by atoms with Crippen LogP contribution in [0.1, 0.15) is 26.5 Å². The molecule has 0 fully saturated rings. The first kappa shape index (κ1) is 14.2. The first-order chi connectivity index (χ1) is 9.44. The summed E-state index contributed by atoms with van der Waals surface area (Å²) in [4.78, 5) is 11.4. The van der Waals surface area contributed by atoms with Crippen molar-refractivity contribution in [2.75, 3.05) is 17.6 Å². The average Bonchev–Trinajstić information content (AvgIpc) is 2.84. The summed E-state index contributed by atoms with van der Waals surface area (Å²) in [6, 6.07) is 3.64. The van der Waals surface area contributed by atoms with Crippen LogP contribution in [0.2, 0.25) is 0 Å². The maximum atomic E-state index is 5.87. The number of nitrogen functional groups attached to an aromatic ring is 1. The van der Waals surface area contributed by atoms with Crippen molar-refractivity contribution < 1.29 is 4.74 Å². The van der Waals surface area contributed by atoms with Gasteiger partial charge in [-0.2, -0.15) is 4.98 Å². The second kappa shape index (κ2) is 5.81. The lowest BCUT2D eigenvalue weighted by Gasteiger charge is -2.21. The monoisotopic (exact) mass is 275 g/mol. The molecule has 6 nitrogen and oxygen atoms in total. The molecule has 0 saturated heterocycles. The van der Waals surface area contributed by atoms with Gasteiger partial charge in [0.25, 0.3) is 0 Å². The maximum Gasteiger partial charge on any atom is 0.239 e. The van der Waals surface area contributed by atoms with Gasteiger partial charge in [0.2, 0.25) is 5.88 Å². The van der Waals surface area contributed by atoms with Crippen molar-refractivity contribution in [1.82, 2.24) is 15.0 Å². The molecule has 2 aromatic rings. The predicted octanol–water partition coefficient (Wildman–Crippen LogP) is 2.22. The molecule has 108 valence electrons. The van der Waals surface area contributed by atoms with E-state index in [0.29, 0.717) is 11.6 Å². The largest absolute Gasteiger partial charge is 0.470 e. The van der Waals surface area contributed by atoms with Gasteiger partial charge in [-0.1, -0.05) is 0 Å². The minimum Gasteiger partial charge on any atom is -0.470 e. The van der Waals surface area contributed by atoms with E-state index in [9.17, 15) is 0 Å². The summed E-state index contributed by atoms with van der Waals surface area (Å²) in [6.45, 7) is 6.65. The molecule has 0 bridgehead atoms. The Hall–Kier alpha value is -2.24. The smallest absolute Gasteiger partial charge is 0.239 e. The van der Waals surface area contributed by atoms with Gasteiger partial charge in [-0.25, -0.2) is 4.98 Å². The molecule has 0 aliphatic rings. The van der Waals surface area contributed by atoms with Crippen LogP contribution in [-0.2, 0) is 6.42 Å². The molecular formula is C14H21N5O. The molecule has 2 aromatic heterocycles. The van der Waals surface area contributed by atoms with Gasteiger partial charge in [-0.15, -0.1) is 0 Å². The number of hydrogen-bond donors (Lipinski definition) is 3. The highest BCUT2D eigenvalue weighted by Crippen LogP contribution is 2.24.